The van der Waals surface area contributed by atoms with Gasteiger partial charge in [-0.15, -0.1) is 0 Å². The van der Waals surface area contributed by atoms with Crippen LogP contribution in [0.3, 0.4) is 0 Å². The molecule has 2 N–H and O–H groups in total. The van der Waals surface area contributed by atoms with Gasteiger partial charge in [0.1, 0.15) is 0 Å². The van der Waals surface area contributed by atoms with Crippen LogP contribution in [0.25, 0.3) is 0 Å². The molecule has 2 amide bonds. The van der Waals surface area contributed by atoms with Gasteiger partial charge in [-0.1, -0.05) is 31.5 Å². The Morgan fingerprint density at radius 1 is 1.29 bits per heavy atom. The van der Waals surface area contributed by atoms with E-state index in [-0.39, 0.29) is 24.4 Å². The van der Waals surface area contributed by atoms with E-state index in [0.29, 0.717) is 0 Å². The van der Waals surface area contributed by atoms with Gasteiger partial charge in [0.25, 0.3) is 0 Å². The molecule has 116 valence electrons. The molecule has 1 aromatic rings. The van der Waals surface area contributed by atoms with Crippen molar-refractivity contribution < 1.29 is 14.7 Å². The second kappa shape index (κ2) is 7.11. The number of nitrogens with zero attached hydrogens (tertiary/aromatic N) is 1. The van der Waals surface area contributed by atoms with Crippen molar-refractivity contribution in [3.8, 4) is 0 Å². The molecule has 0 saturated carbocycles. The van der Waals surface area contributed by atoms with Gasteiger partial charge in [-0.25, -0.2) is 4.79 Å². The SMILES string of the molecule is Cc1ccc(N(C)C(=O)NC(CC(=O)O)C(C)C)c(C)c1. The molecule has 1 aromatic carbocycles. The summed E-state index contributed by atoms with van der Waals surface area (Å²) in [5.41, 5.74) is 2.96. The van der Waals surface area contributed by atoms with E-state index in [1.807, 2.05) is 45.9 Å². The molecule has 0 aliphatic rings. The molecular formula is C16H24N2O3. The number of nitrogens with one attached hydrogen (secondary N) is 1. The molecule has 0 spiro atoms. The number of carboxylic acid groups (broad SMARTS) is 1. The van der Waals surface area contributed by atoms with Crippen LogP contribution in [-0.2, 0) is 4.79 Å². The van der Waals surface area contributed by atoms with E-state index in [2.05, 4.69) is 5.32 Å². The highest BCUT2D eigenvalue weighted by molar-refractivity contribution is 5.92. The van der Waals surface area contributed by atoms with E-state index >= 15 is 0 Å². The van der Waals surface area contributed by atoms with Gasteiger partial charge in [-0.05, 0) is 31.4 Å². The number of amides is 2. The molecule has 0 radical (unpaired) electrons. The molecule has 5 heteroatoms. The smallest absolute Gasteiger partial charge is 0.321 e. The van der Waals surface area contributed by atoms with Crippen molar-refractivity contribution in [3.05, 3.63) is 29.3 Å². The zero-order chi connectivity index (χ0) is 16.2. The lowest BCUT2D eigenvalue weighted by atomic mass is 10.0. The molecule has 0 aliphatic carbocycles. The Morgan fingerprint density at radius 2 is 1.90 bits per heavy atom. The third-order valence-corrected chi connectivity index (χ3v) is 3.53. The fraction of sp³-hybridized carbons (Fsp3) is 0.500. The molecule has 1 atom stereocenters. The normalized spacial score (nSPS) is 12.1. The molecular weight excluding hydrogens is 268 g/mol. The van der Waals surface area contributed by atoms with Crippen molar-refractivity contribution in [1.29, 1.82) is 0 Å². The second-order valence-corrected chi connectivity index (χ2v) is 5.75. The first kappa shape index (κ1) is 17.0. The van der Waals surface area contributed by atoms with Crippen LogP contribution in [0.5, 0.6) is 0 Å². The van der Waals surface area contributed by atoms with E-state index in [1.54, 1.807) is 7.05 Å². The third kappa shape index (κ3) is 4.77. The van der Waals surface area contributed by atoms with Crippen LogP contribution >= 0.6 is 0 Å². The third-order valence-electron chi connectivity index (χ3n) is 3.53. The highest BCUT2D eigenvalue weighted by atomic mass is 16.4. The summed E-state index contributed by atoms with van der Waals surface area (Å²) < 4.78 is 0. The van der Waals surface area contributed by atoms with Crippen LogP contribution in [0.1, 0.15) is 31.4 Å². The van der Waals surface area contributed by atoms with E-state index in [1.165, 1.54) is 4.90 Å². The number of anilines is 1. The molecule has 1 unspecified atom stereocenters. The number of aliphatic carboxylic acids is 1. The number of carbonyl (C=O) groups excluding carboxylic acids is 1. The highest BCUT2D eigenvalue weighted by Crippen LogP contribution is 2.20. The Bertz CT molecular complexity index is 526. The van der Waals surface area contributed by atoms with E-state index in [0.717, 1.165) is 16.8 Å². The first-order valence-corrected chi connectivity index (χ1v) is 7.05. The summed E-state index contributed by atoms with van der Waals surface area (Å²) in [7, 11) is 1.69. The summed E-state index contributed by atoms with van der Waals surface area (Å²) in [6.45, 7) is 7.73. The Labute approximate surface area is 126 Å². The number of aryl methyl sites for hydroxylation is 2. The number of benzene rings is 1. The largest absolute Gasteiger partial charge is 0.481 e. The Morgan fingerprint density at radius 3 is 2.38 bits per heavy atom. The number of rotatable bonds is 5. The van der Waals surface area contributed by atoms with Gasteiger partial charge in [0.2, 0.25) is 0 Å². The number of carbonyl (C=O) groups is 2. The van der Waals surface area contributed by atoms with E-state index in [9.17, 15) is 9.59 Å². The van der Waals surface area contributed by atoms with Gasteiger partial charge >= 0.3 is 12.0 Å². The van der Waals surface area contributed by atoms with Gasteiger partial charge in [0.05, 0.1) is 6.42 Å². The average molecular weight is 292 g/mol. The quantitative estimate of drug-likeness (QED) is 0.876. The van der Waals surface area contributed by atoms with Crippen LogP contribution in [0.15, 0.2) is 18.2 Å². The summed E-state index contributed by atoms with van der Waals surface area (Å²) in [6, 6.07) is 5.18. The molecule has 0 fully saturated rings. The predicted octanol–water partition coefficient (Wildman–Crippen LogP) is 2.95. The van der Waals surface area contributed by atoms with Gasteiger partial charge in [-0.3, -0.25) is 9.69 Å². The van der Waals surface area contributed by atoms with Crippen LogP contribution < -0.4 is 10.2 Å². The molecule has 0 aliphatic heterocycles. The Balaban J connectivity index is 2.84. The lowest BCUT2D eigenvalue weighted by Crippen LogP contribution is -2.46. The van der Waals surface area contributed by atoms with Gasteiger partial charge in [0, 0.05) is 18.8 Å². The summed E-state index contributed by atoms with van der Waals surface area (Å²) in [6.07, 6.45) is -0.0792. The molecule has 0 heterocycles. The summed E-state index contributed by atoms with van der Waals surface area (Å²) in [5.74, 6) is -0.860. The van der Waals surface area contributed by atoms with Crippen LogP contribution in [0, 0.1) is 19.8 Å². The highest BCUT2D eigenvalue weighted by Gasteiger charge is 2.22. The molecule has 0 bridgehead atoms. The molecule has 5 nitrogen and oxygen atoms in total. The Kier molecular flexibility index (Phi) is 5.76. The monoisotopic (exact) mass is 292 g/mol. The molecule has 1 rings (SSSR count). The van der Waals surface area contributed by atoms with Crippen LogP contribution in [0.2, 0.25) is 0 Å². The first-order valence-electron chi connectivity index (χ1n) is 7.05. The minimum absolute atomic E-state index is 0.0533. The molecule has 0 saturated heterocycles. The maximum Gasteiger partial charge on any atom is 0.321 e. The maximum atomic E-state index is 12.3. The van der Waals surface area contributed by atoms with Gasteiger partial charge in [-0.2, -0.15) is 0 Å². The topological polar surface area (TPSA) is 69.6 Å². The molecule has 0 aromatic heterocycles. The average Bonchev–Trinajstić information content (AvgIpc) is 2.36. The number of hydrogen-bond acceptors (Lipinski definition) is 2. The lowest BCUT2D eigenvalue weighted by molar-refractivity contribution is -0.137. The standard InChI is InChI=1S/C16H24N2O3/c1-10(2)13(9-15(19)20)17-16(21)18(5)14-7-6-11(3)8-12(14)4/h6-8,10,13H,9H2,1-5H3,(H,17,21)(H,19,20). The Hall–Kier alpha value is -2.04. The second-order valence-electron chi connectivity index (χ2n) is 5.75. The van der Waals surface area contributed by atoms with Crippen molar-refractivity contribution in [1.82, 2.24) is 5.32 Å². The van der Waals surface area contributed by atoms with Gasteiger partial charge in [0.15, 0.2) is 0 Å². The van der Waals surface area contributed by atoms with Crippen molar-refractivity contribution in [2.24, 2.45) is 5.92 Å². The van der Waals surface area contributed by atoms with Gasteiger partial charge < -0.3 is 10.4 Å². The minimum atomic E-state index is -0.914. The number of urea groups is 1. The van der Waals surface area contributed by atoms with Crippen LogP contribution in [0.4, 0.5) is 10.5 Å². The number of carboxylic acids is 1. The lowest BCUT2D eigenvalue weighted by Gasteiger charge is -2.26. The fourth-order valence-electron chi connectivity index (χ4n) is 2.19. The van der Waals surface area contributed by atoms with E-state index in [4.69, 9.17) is 5.11 Å². The fourth-order valence-corrected chi connectivity index (χ4v) is 2.19. The predicted molar refractivity (Wildman–Crippen MR) is 83.7 cm³/mol. The minimum Gasteiger partial charge on any atom is -0.481 e. The summed E-state index contributed by atoms with van der Waals surface area (Å²) in [5, 5.41) is 11.7. The molecule has 21 heavy (non-hydrogen) atoms. The number of hydrogen-bond donors (Lipinski definition) is 2. The van der Waals surface area contributed by atoms with E-state index < -0.39 is 5.97 Å². The maximum absolute atomic E-state index is 12.3. The van der Waals surface area contributed by atoms with Crippen molar-refractivity contribution in [2.45, 2.75) is 40.2 Å². The summed E-state index contributed by atoms with van der Waals surface area (Å²) in [4.78, 5) is 24.7. The van der Waals surface area contributed by atoms with Crippen molar-refractivity contribution >= 4 is 17.7 Å². The van der Waals surface area contributed by atoms with Crippen LogP contribution in [-0.4, -0.2) is 30.2 Å². The van der Waals surface area contributed by atoms with Crippen molar-refractivity contribution in [3.63, 3.8) is 0 Å². The van der Waals surface area contributed by atoms with Crippen molar-refractivity contribution in [2.75, 3.05) is 11.9 Å². The first-order chi connectivity index (χ1) is 9.72. The summed E-state index contributed by atoms with van der Waals surface area (Å²) >= 11 is 0. The zero-order valence-electron chi connectivity index (χ0n) is 13.3. The zero-order valence-corrected chi connectivity index (χ0v) is 13.3.